The number of anilines is 3. The van der Waals surface area contributed by atoms with Crippen molar-refractivity contribution in [3.8, 4) is 11.5 Å². The van der Waals surface area contributed by atoms with Crippen molar-refractivity contribution in [1.29, 1.82) is 0 Å². The highest BCUT2D eigenvalue weighted by atomic mass is 16.5. The average Bonchev–Trinajstić information content (AvgIpc) is 3.15. The van der Waals surface area contributed by atoms with E-state index in [0.717, 1.165) is 75.0 Å². The number of ether oxygens (including phenoxy) is 2. The van der Waals surface area contributed by atoms with Gasteiger partial charge in [-0.3, -0.25) is 0 Å². The molecule has 0 radical (unpaired) electrons. The number of carbonyl (C=O) groups is 1. The van der Waals surface area contributed by atoms with Crippen LogP contribution in [0.15, 0.2) is 133 Å². The number of nitrogens with zero attached hydrogens (tertiary/aromatic N) is 1. The minimum Gasteiger partial charge on any atom is -0.457 e. The highest BCUT2D eigenvalue weighted by Crippen LogP contribution is 2.51. The van der Waals surface area contributed by atoms with E-state index in [1.54, 1.807) is 0 Å². The summed E-state index contributed by atoms with van der Waals surface area (Å²) < 4.78 is 13.2. The van der Waals surface area contributed by atoms with Crippen molar-refractivity contribution < 1.29 is 14.3 Å². The first-order chi connectivity index (χ1) is 24.8. The molecule has 7 rings (SSSR count). The van der Waals surface area contributed by atoms with Gasteiger partial charge in [0.2, 0.25) is 0 Å². The topological polar surface area (TPSA) is 50.8 Å². The van der Waals surface area contributed by atoms with Crippen LogP contribution in [-0.2, 0) is 4.74 Å². The van der Waals surface area contributed by atoms with Crippen LogP contribution in [0.25, 0.3) is 0 Å². The lowest BCUT2D eigenvalue weighted by molar-refractivity contribution is 0.0376. The van der Waals surface area contributed by atoms with E-state index in [4.69, 9.17) is 9.47 Å². The van der Waals surface area contributed by atoms with Crippen LogP contribution in [-0.4, -0.2) is 19.1 Å². The van der Waals surface area contributed by atoms with Crippen molar-refractivity contribution in [2.45, 2.75) is 46.6 Å². The van der Waals surface area contributed by atoms with Crippen LogP contribution in [0, 0.1) is 20.8 Å². The first kappa shape index (κ1) is 33.7. The molecule has 1 heterocycles. The van der Waals surface area contributed by atoms with E-state index in [2.05, 4.69) is 99.4 Å². The summed E-state index contributed by atoms with van der Waals surface area (Å²) >= 11 is 0. The first-order valence-electron chi connectivity index (χ1n) is 17.8. The monoisotopic (exact) mass is 672 g/mol. The molecule has 256 valence electrons. The summed E-state index contributed by atoms with van der Waals surface area (Å²) in [6.45, 7) is 12.4. The number of hydrogen-bond donors (Lipinski definition) is 1. The van der Waals surface area contributed by atoms with Crippen LogP contribution in [0.4, 0.5) is 17.1 Å². The van der Waals surface area contributed by atoms with E-state index >= 15 is 0 Å². The Morgan fingerprint density at radius 1 is 0.667 bits per heavy atom. The molecule has 0 saturated carbocycles. The quantitative estimate of drug-likeness (QED) is 0.147. The number of esters is 1. The summed E-state index contributed by atoms with van der Waals surface area (Å²) in [6.07, 6.45) is -0.560. The van der Waals surface area contributed by atoms with Crippen LogP contribution in [0.2, 0.25) is 0 Å². The smallest absolute Gasteiger partial charge is 0.339 e. The van der Waals surface area contributed by atoms with Gasteiger partial charge in [0.15, 0.2) is 6.10 Å². The summed E-state index contributed by atoms with van der Waals surface area (Å²) in [5, 5.41) is 3.70. The van der Waals surface area contributed by atoms with Gasteiger partial charge in [-0.1, -0.05) is 103 Å². The van der Waals surface area contributed by atoms with Crippen molar-refractivity contribution >= 4 is 23.0 Å². The zero-order valence-electron chi connectivity index (χ0n) is 29.9. The maximum absolute atomic E-state index is 14.5. The minimum absolute atomic E-state index is 0.287. The van der Waals surface area contributed by atoms with Gasteiger partial charge in [-0.05, 0) is 92.8 Å². The van der Waals surface area contributed by atoms with E-state index in [0.29, 0.717) is 5.56 Å². The molecule has 0 saturated heterocycles. The highest BCUT2D eigenvalue weighted by Gasteiger charge is 2.34. The van der Waals surface area contributed by atoms with Crippen LogP contribution >= 0.6 is 0 Å². The third-order valence-electron chi connectivity index (χ3n) is 9.90. The van der Waals surface area contributed by atoms with Crippen LogP contribution in [0.5, 0.6) is 11.5 Å². The summed E-state index contributed by atoms with van der Waals surface area (Å²) in [7, 11) is 0. The van der Waals surface area contributed by atoms with Crippen LogP contribution in [0.1, 0.15) is 80.7 Å². The maximum Gasteiger partial charge on any atom is 0.339 e. The molecule has 1 atom stereocenters. The molecule has 1 aliphatic heterocycles. The fourth-order valence-corrected chi connectivity index (χ4v) is 7.19. The molecular weight excluding hydrogens is 629 g/mol. The summed E-state index contributed by atoms with van der Waals surface area (Å²) in [5.74, 6) is 0.910. The van der Waals surface area contributed by atoms with Crippen molar-refractivity contribution in [2.24, 2.45) is 0 Å². The molecule has 0 fully saturated rings. The molecule has 0 bridgehead atoms. The van der Waals surface area contributed by atoms with Crippen LogP contribution in [0.3, 0.4) is 0 Å². The summed E-state index contributed by atoms with van der Waals surface area (Å²) in [5.41, 5.74) is 11.8. The Balaban J connectivity index is 1.35. The van der Waals surface area contributed by atoms with Crippen molar-refractivity contribution in [3.05, 3.63) is 184 Å². The second-order valence-corrected chi connectivity index (χ2v) is 13.3. The van der Waals surface area contributed by atoms with Gasteiger partial charge in [-0.2, -0.15) is 0 Å². The second-order valence-electron chi connectivity index (χ2n) is 13.3. The molecule has 0 aliphatic carbocycles. The molecule has 0 amide bonds. The van der Waals surface area contributed by atoms with Gasteiger partial charge in [-0.15, -0.1) is 0 Å². The van der Waals surface area contributed by atoms with Gasteiger partial charge in [-0.25, -0.2) is 4.79 Å². The Bertz CT molecular complexity index is 2130. The van der Waals surface area contributed by atoms with Gasteiger partial charge in [0, 0.05) is 53.3 Å². The number of nitrogens with one attached hydrogen (secondary N) is 1. The molecule has 5 nitrogen and oxygen atoms in total. The zero-order valence-corrected chi connectivity index (χ0v) is 29.9. The number of rotatable bonds is 10. The van der Waals surface area contributed by atoms with Gasteiger partial charge in [0.1, 0.15) is 11.5 Å². The molecule has 1 N–H and O–H groups in total. The Labute approximate surface area is 301 Å². The SMILES string of the molecule is CCN(CC)c1ccc2c(c1)Oc1cc(C)c(Nc3ccc(C)cc3C)cc1C2c1ccccc1C(=O)OC(c1ccccc1)c1ccccc1. The Hall–Kier alpha value is -5.81. The number of carbonyl (C=O) groups excluding carboxylic acids is 1. The van der Waals surface area contributed by atoms with Crippen molar-refractivity contribution in [1.82, 2.24) is 0 Å². The fourth-order valence-electron chi connectivity index (χ4n) is 7.19. The summed E-state index contributed by atoms with van der Waals surface area (Å²) in [6, 6.07) is 44.9. The number of hydrogen-bond acceptors (Lipinski definition) is 5. The third-order valence-corrected chi connectivity index (χ3v) is 9.90. The average molecular weight is 673 g/mol. The maximum atomic E-state index is 14.5. The van der Waals surface area contributed by atoms with E-state index in [-0.39, 0.29) is 11.9 Å². The summed E-state index contributed by atoms with van der Waals surface area (Å²) in [4.78, 5) is 16.8. The van der Waals surface area contributed by atoms with Crippen molar-refractivity contribution in [3.63, 3.8) is 0 Å². The molecule has 51 heavy (non-hydrogen) atoms. The van der Waals surface area contributed by atoms with Gasteiger partial charge < -0.3 is 19.7 Å². The fraction of sp³-hybridized carbons (Fsp3) is 0.196. The Morgan fingerprint density at radius 3 is 1.96 bits per heavy atom. The standard InChI is InChI=1S/C46H44N2O3/c1-6-48(7-2)35-23-24-38-43(28-35)50-42-27-32(5)41(47-40-25-22-30(3)26-31(40)4)29-39(42)44(38)36-20-14-15-21-37(36)46(49)51-45(33-16-10-8-11-17-33)34-18-12-9-13-19-34/h8-29,44-45,47H,6-7H2,1-5H3. The predicted molar refractivity (Wildman–Crippen MR) is 208 cm³/mol. The molecule has 6 aromatic rings. The Morgan fingerprint density at radius 2 is 1.29 bits per heavy atom. The molecule has 1 unspecified atom stereocenters. The highest BCUT2D eigenvalue weighted by molar-refractivity contribution is 5.92. The predicted octanol–water partition coefficient (Wildman–Crippen LogP) is 11.4. The van der Waals surface area contributed by atoms with Gasteiger partial charge in [0.05, 0.1) is 5.56 Å². The number of fused-ring (bicyclic) bond motifs is 2. The van der Waals surface area contributed by atoms with Crippen molar-refractivity contribution in [2.75, 3.05) is 23.3 Å². The van der Waals surface area contributed by atoms with E-state index in [1.165, 1.54) is 11.1 Å². The molecule has 0 spiro atoms. The molecule has 0 aromatic heterocycles. The van der Waals surface area contributed by atoms with E-state index < -0.39 is 6.10 Å². The third kappa shape index (κ3) is 6.85. The number of aryl methyl sites for hydroxylation is 3. The lowest BCUT2D eigenvalue weighted by Crippen LogP contribution is -2.22. The zero-order chi connectivity index (χ0) is 35.5. The van der Waals surface area contributed by atoms with E-state index in [9.17, 15) is 4.79 Å². The normalized spacial score (nSPS) is 13.2. The lowest BCUT2D eigenvalue weighted by Gasteiger charge is -2.32. The molecule has 1 aliphatic rings. The minimum atomic E-state index is -0.560. The van der Waals surface area contributed by atoms with Gasteiger partial charge >= 0.3 is 5.97 Å². The van der Waals surface area contributed by atoms with E-state index in [1.807, 2.05) is 78.9 Å². The Kier molecular flexibility index (Phi) is 9.63. The second kappa shape index (κ2) is 14.6. The van der Waals surface area contributed by atoms with Gasteiger partial charge in [0.25, 0.3) is 0 Å². The molecular formula is C46H44N2O3. The van der Waals surface area contributed by atoms with Crippen LogP contribution < -0.4 is 15.0 Å². The number of benzene rings is 6. The molecule has 5 heteroatoms. The lowest BCUT2D eigenvalue weighted by atomic mass is 9.80. The first-order valence-corrected chi connectivity index (χ1v) is 17.8. The largest absolute Gasteiger partial charge is 0.457 e. The molecule has 6 aromatic carbocycles.